The van der Waals surface area contributed by atoms with Crippen molar-refractivity contribution in [3.63, 3.8) is 0 Å². The number of hydrogen-bond donors (Lipinski definition) is 1. The number of ether oxygens (including phenoxy) is 1. The van der Waals surface area contributed by atoms with Gasteiger partial charge < -0.3 is 9.84 Å². The molecule has 0 radical (unpaired) electrons. The topological polar surface area (TPSA) is 29.5 Å². The Labute approximate surface area is 83.5 Å². The fraction of sp³-hybridized carbons (Fsp3) is 0.333. The van der Waals surface area contributed by atoms with Crippen LogP contribution in [0.4, 0.5) is 4.39 Å². The summed E-state index contributed by atoms with van der Waals surface area (Å²) in [6.07, 6.45) is 2.32. The van der Waals surface area contributed by atoms with Crippen LogP contribution in [0.3, 0.4) is 0 Å². The van der Waals surface area contributed by atoms with Crippen LogP contribution in [0.15, 0.2) is 16.6 Å². The van der Waals surface area contributed by atoms with E-state index in [1.54, 1.807) is 0 Å². The molecule has 0 atom stereocenters. The molecule has 1 saturated carbocycles. The molecule has 1 aliphatic carbocycles. The van der Waals surface area contributed by atoms with Gasteiger partial charge in [-0.2, -0.15) is 0 Å². The second kappa shape index (κ2) is 3.18. The van der Waals surface area contributed by atoms with E-state index in [1.165, 1.54) is 12.1 Å². The van der Waals surface area contributed by atoms with E-state index in [2.05, 4.69) is 15.9 Å². The first-order valence-electron chi connectivity index (χ1n) is 4.01. The van der Waals surface area contributed by atoms with Crippen LogP contribution in [0.2, 0.25) is 0 Å². The Morgan fingerprint density at radius 3 is 2.69 bits per heavy atom. The number of phenols is 1. The first-order valence-corrected chi connectivity index (χ1v) is 4.81. The molecule has 1 aromatic rings. The summed E-state index contributed by atoms with van der Waals surface area (Å²) in [5, 5.41) is 9.13. The monoisotopic (exact) mass is 246 g/mol. The molecule has 2 rings (SSSR count). The van der Waals surface area contributed by atoms with Crippen LogP contribution in [-0.2, 0) is 0 Å². The molecule has 0 saturated heterocycles. The van der Waals surface area contributed by atoms with Crippen LogP contribution in [0.25, 0.3) is 0 Å². The Bertz CT molecular complexity index is 313. The number of phenolic OH excluding ortho intramolecular Hbond substituents is 1. The third kappa shape index (κ3) is 1.94. The number of rotatable bonds is 2. The molecule has 0 aromatic heterocycles. The van der Waals surface area contributed by atoms with E-state index >= 15 is 0 Å². The van der Waals surface area contributed by atoms with Gasteiger partial charge in [0.25, 0.3) is 0 Å². The summed E-state index contributed by atoms with van der Waals surface area (Å²) in [7, 11) is 0. The lowest BCUT2D eigenvalue weighted by Gasteiger charge is -2.06. The molecule has 1 aromatic carbocycles. The van der Waals surface area contributed by atoms with Gasteiger partial charge in [-0.25, -0.2) is 4.39 Å². The van der Waals surface area contributed by atoms with Crippen LogP contribution in [0.1, 0.15) is 12.8 Å². The van der Waals surface area contributed by atoms with Gasteiger partial charge in [-0.05, 0) is 34.8 Å². The van der Waals surface area contributed by atoms with E-state index in [0.717, 1.165) is 12.8 Å². The molecule has 0 unspecified atom stereocenters. The summed E-state index contributed by atoms with van der Waals surface area (Å²) in [5.41, 5.74) is 0. The van der Waals surface area contributed by atoms with Crippen molar-refractivity contribution in [1.29, 1.82) is 0 Å². The lowest BCUT2D eigenvalue weighted by Crippen LogP contribution is -1.96. The van der Waals surface area contributed by atoms with Crippen molar-refractivity contribution in [3.05, 3.63) is 22.4 Å². The zero-order valence-corrected chi connectivity index (χ0v) is 8.34. The van der Waals surface area contributed by atoms with E-state index in [9.17, 15) is 4.39 Å². The van der Waals surface area contributed by atoms with Crippen molar-refractivity contribution in [2.24, 2.45) is 0 Å². The van der Waals surface area contributed by atoms with Crippen LogP contribution in [0, 0.1) is 5.82 Å². The molecule has 2 nitrogen and oxygen atoms in total. The molecule has 1 fully saturated rings. The summed E-state index contributed by atoms with van der Waals surface area (Å²) in [5.74, 6) is -0.526. The molecule has 0 bridgehead atoms. The largest absolute Gasteiger partial charge is 0.505 e. The minimum absolute atomic E-state index is 0.225. The van der Waals surface area contributed by atoms with Crippen molar-refractivity contribution in [2.75, 3.05) is 0 Å². The maximum absolute atomic E-state index is 12.9. The molecular weight excluding hydrogens is 239 g/mol. The fourth-order valence-corrected chi connectivity index (χ4v) is 1.43. The zero-order valence-electron chi connectivity index (χ0n) is 6.76. The molecule has 1 N–H and O–H groups in total. The summed E-state index contributed by atoms with van der Waals surface area (Å²) in [6.45, 7) is 0. The van der Waals surface area contributed by atoms with E-state index in [4.69, 9.17) is 9.84 Å². The Balaban J connectivity index is 2.25. The van der Waals surface area contributed by atoms with E-state index in [0.29, 0.717) is 5.75 Å². The normalized spacial score (nSPS) is 15.8. The predicted octanol–water partition coefficient (Wildman–Crippen LogP) is 2.84. The average molecular weight is 247 g/mol. The lowest BCUT2D eigenvalue weighted by atomic mass is 10.3. The minimum Gasteiger partial charge on any atom is -0.505 e. The number of hydrogen-bond acceptors (Lipinski definition) is 2. The Kier molecular flexibility index (Phi) is 2.15. The van der Waals surface area contributed by atoms with Crippen molar-refractivity contribution in [1.82, 2.24) is 0 Å². The summed E-state index contributed by atoms with van der Waals surface area (Å²) in [4.78, 5) is 0. The standard InChI is InChI=1S/C9H8BrFO2/c10-7-3-6(13-5-1-2-5)4-8(12)9(7)11/h3-5,12H,1-2H2. The van der Waals surface area contributed by atoms with Gasteiger partial charge >= 0.3 is 0 Å². The quantitative estimate of drug-likeness (QED) is 0.870. The highest BCUT2D eigenvalue weighted by Gasteiger charge is 2.24. The minimum atomic E-state index is -0.650. The molecule has 70 valence electrons. The highest BCUT2D eigenvalue weighted by Crippen LogP contribution is 2.33. The van der Waals surface area contributed by atoms with Gasteiger partial charge in [0, 0.05) is 6.07 Å². The van der Waals surface area contributed by atoms with E-state index in [1.807, 2.05) is 0 Å². The third-order valence-electron chi connectivity index (χ3n) is 1.81. The van der Waals surface area contributed by atoms with E-state index in [-0.39, 0.29) is 16.3 Å². The molecule has 1 aliphatic rings. The Morgan fingerprint density at radius 1 is 1.46 bits per heavy atom. The number of halogens is 2. The van der Waals surface area contributed by atoms with Gasteiger partial charge in [-0.1, -0.05) is 0 Å². The first kappa shape index (κ1) is 8.81. The van der Waals surface area contributed by atoms with Gasteiger partial charge in [0.2, 0.25) is 0 Å². The SMILES string of the molecule is Oc1cc(OC2CC2)cc(Br)c1F. The molecule has 0 aliphatic heterocycles. The van der Waals surface area contributed by atoms with Gasteiger partial charge in [-0.15, -0.1) is 0 Å². The fourth-order valence-electron chi connectivity index (χ4n) is 0.997. The van der Waals surface area contributed by atoms with Crippen molar-refractivity contribution >= 4 is 15.9 Å². The molecular formula is C9H8BrFO2. The number of aromatic hydroxyl groups is 1. The summed E-state index contributed by atoms with van der Waals surface area (Å²) in [6, 6.07) is 2.81. The maximum atomic E-state index is 12.9. The predicted molar refractivity (Wildman–Crippen MR) is 49.4 cm³/mol. The second-order valence-corrected chi connectivity index (χ2v) is 3.91. The van der Waals surface area contributed by atoms with Gasteiger partial charge in [0.05, 0.1) is 10.6 Å². The highest BCUT2D eigenvalue weighted by molar-refractivity contribution is 9.10. The lowest BCUT2D eigenvalue weighted by molar-refractivity contribution is 0.299. The smallest absolute Gasteiger partial charge is 0.179 e. The molecule has 0 heterocycles. The van der Waals surface area contributed by atoms with Crippen LogP contribution >= 0.6 is 15.9 Å². The van der Waals surface area contributed by atoms with Crippen LogP contribution in [-0.4, -0.2) is 11.2 Å². The summed E-state index contributed by atoms with van der Waals surface area (Å²) < 4.78 is 18.5. The number of benzene rings is 1. The highest BCUT2D eigenvalue weighted by atomic mass is 79.9. The van der Waals surface area contributed by atoms with Crippen LogP contribution in [0.5, 0.6) is 11.5 Å². The summed E-state index contributed by atoms with van der Waals surface area (Å²) >= 11 is 2.99. The molecule has 0 amide bonds. The second-order valence-electron chi connectivity index (χ2n) is 3.06. The molecule has 4 heteroatoms. The Hall–Kier alpha value is -0.770. The van der Waals surface area contributed by atoms with Gasteiger partial charge in [0.1, 0.15) is 5.75 Å². The maximum Gasteiger partial charge on any atom is 0.179 e. The van der Waals surface area contributed by atoms with Crippen molar-refractivity contribution in [3.8, 4) is 11.5 Å². The van der Waals surface area contributed by atoms with E-state index < -0.39 is 5.82 Å². The van der Waals surface area contributed by atoms with Crippen molar-refractivity contribution < 1.29 is 14.2 Å². The third-order valence-corrected chi connectivity index (χ3v) is 2.39. The zero-order chi connectivity index (χ0) is 9.42. The average Bonchev–Trinajstić information content (AvgIpc) is 2.84. The molecule has 13 heavy (non-hydrogen) atoms. The first-order chi connectivity index (χ1) is 6.16. The Morgan fingerprint density at radius 2 is 2.15 bits per heavy atom. The van der Waals surface area contributed by atoms with Gasteiger partial charge in [0.15, 0.2) is 11.6 Å². The van der Waals surface area contributed by atoms with Crippen LogP contribution < -0.4 is 4.74 Å². The van der Waals surface area contributed by atoms with Gasteiger partial charge in [-0.3, -0.25) is 0 Å². The molecule has 0 spiro atoms. The van der Waals surface area contributed by atoms with Crippen molar-refractivity contribution in [2.45, 2.75) is 18.9 Å².